The number of nitrogens with one attached hydrogen (secondary N) is 1. The average molecular weight is 598 g/mol. The lowest BCUT2D eigenvalue weighted by molar-refractivity contribution is -0.185. The van der Waals surface area contributed by atoms with Crippen LogP contribution in [0.5, 0.6) is 0 Å². The van der Waals surface area contributed by atoms with Crippen molar-refractivity contribution in [1.82, 2.24) is 10.2 Å². The maximum absolute atomic E-state index is 13.6. The van der Waals surface area contributed by atoms with Gasteiger partial charge in [-0.1, -0.05) is 78.9 Å². The first-order valence-corrected chi connectivity index (χ1v) is 16.0. The second kappa shape index (κ2) is 12.0. The monoisotopic (exact) mass is 597 g/mol. The summed E-state index contributed by atoms with van der Waals surface area (Å²) >= 11 is 1.69. The minimum atomic E-state index is -1.30. The summed E-state index contributed by atoms with van der Waals surface area (Å²) < 4.78 is 18.3. The van der Waals surface area contributed by atoms with Gasteiger partial charge in [-0.15, -0.1) is 11.8 Å². The smallest absolute Gasteiger partial charge is 0.322 e. The zero-order valence-corrected chi connectivity index (χ0v) is 24.7. The van der Waals surface area contributed by atoms with Gasteiger partial charge in [-0.05, 0) is 36.2 Å². The van der Waals surface area contributed by atoms with Crippen molar-refractivity contribution in [3.8, 4) is 0 Å². The van der Waals surface area contributed by atoms with E-state index in [1.54, 1.807) is 11.8 Å². The minimum Gasteiger partial charge on any atom is -0.392 e. The van der Waals surface area contributed by atoms with Crippen molar-refractivity contribution >= 4 is 29.4 Å². The number of benzene rings is 3. The number of aliphatic imine (C=N–C) groups is 1. The van der Waals surface area contributed by atoms with Crippen LogP contribution in [0.2, 0.25) is 0 Å². The van der Waals surface area contributed by atoms with Crippen LogP contribution in [0, 0.1) is 11.8 Å². The number of hydrogen-bond acceptors (Lipinski definition) is 9. The van der Waals surface area contributed by atoms with E-state index in [2.05, 4.69) is 46.6 Å². The van der Waals surface area contributed by atoms with Crippen LogP contribution in [0.3, 0.4) is 0 Å². The first-order valence-electron chi connectivity index (χ1n) is 15.0. The Balaban J connectivity index is 1.30. The number of thioether (sulfide) groups is 1. The number of nitrogens with zero attached hydrogens (tertiary/aromatic N) is 2. The van der Waals surface area contributed by atoms with Gasteiger partial charge in [-0.25, -0.2) is 0 Å². The van der Waals surface area contributed by atoms with Crippen LogP contribution in [0.1, 0.15) is 11.1 Å². The maximum atomic E-state index is 13.6. The van der Waals surface area contributed by atoms with Gasteiger partial charge in [-0.2, -0.15) is 0 Å². The fourth-order valence-corrected chi connectivity index (χ4v) is 8.07. The largest absolute Gasteiger partial charge is 0.392 e. The van der Waals surface area contributed by atoms with Gasteiger partial charge < -0.3 is 19.5 Å². The van der Waals surface area contributed by atoms with Crippen LogP contribution in [-0.4, -0.2) is 78.6 Å². The van der Waals surface area contributed by atoms with Gasteiger partial charge in [0.1, 0.15) is 11.8 Å². The topological polar surface area (TPSA) is 89.5 Å². The molecular formula is C34H35N3O5S. The summed E-state index contributed by atoms with van der Waals surface area (Å²) in [5.74, 6) is -2.12. The Hall–Kier alpha value is -3.34. The third-order valence-electron chi connectivity index (χ3n) is 8.95. The molecular weight excluding hydrogens is 562 g/mol. The molecule has 3 aromatic carbocycles. The van der Waals surface area contributed by atoms with Crippen molar-refractivity contribution in [3.63, 3.8) is 0 Å². The highest BCUT2D eigenvalue weighted by atomic mass is 32.2. The van der Waals surface area contributed by atoms with E-state index in [4.69, 9.17) is 19.2 Å². The predicted octanol–water partition coefficient (Wildman–Crippen LogP) is 3.75. The number of fused-ring (bicyclic) bond motifs is 5. The summed E-state index contributed by atoms with van der Waals surface area (Å²) in [7, 11) is 0. The van der Waals surface area contributed by atoms with Crippen LogP contribution in [-0.2, 0) is 36.6 Å². The van der Waals surface area contributed by atoms with E-state index in [0.29, 0.717) is 45.0 Å². The molecule has 1 N–H and O–H groups in total. The number of rotatable bonds is 11. The fourth-order valence-electron chi connectivity index (χ4n) is 7.01. The van der Waals surface area contributed by atoms with Crippen molar-refractivity contribution in [1.29, 1.82) is 0 Å². The van der Waals surface area contributed by atoms with E-state index < -0.39 is 35.2 Å². The van der Waals surface area contributed by atoms with Crippen molar-refractivity contribution in [2.24, 2.45) is 16.8 Å². The van der Waals surface area contributed by atoms with Gasteiger partial charge in [0.25, 0.3) is 0 Å². The molecule has 9 heteroatoms. The minimum absolute atomic E-state index is 0.372. The first-order chi connectivity index (χ1) is 21.1. The number of carbonyl (C=O) groups excluding carboxylic acids is 2. The molecule has 8 nitrogen and oxygen atoms in total. The summed E-state index contributed by atoms with van der Waals surface area (Å²) in [6.07, 6.45) is 1.31. The molecule has 222 valence electrons. The van der Waals surface area contributed by atoms with E-state index >= 15 is 0 Å². The Kier molecular flexibility index (Phi) is 7.92. The van der Waals surface area contributed by atoms with Gasteiger partial charge in [-0.3, -0.25) is 19.5 Å². The van der Waals surface area contributed by atoms with Crippen LogP contribution in [0.25, 0.3) is 0 Å². The van der Waals surface area contributed by atoms with Gasteiger partial charge >= 0.3 is 11.9 Å². The highest BCUT2D eigenvalue weighted by Gasteiger charge is 2.80. The zero-order chi connectivity index (χ0) is 29.3. The summed E-state index contributed by atoms with van der Waals surface area (Å²) in [6, 6.07) is 30.2. The number of hydrogen-bond donors (Lipinski definition) is 1. The van der Waals surface area contributed by atoms with Gasteiger partial charge in [0, 0.05) is 30.2 Å². The number of carbonyl (C=O) groups is 2. The molecule has 3 fully saturated rings. The van der Waals surface area contributed by atoms with E-state index in [-0.39, 0.29) is 6.04 Å². The molecule has 4 aliphatic rings. The molecule has 0 saturated carbocycles. The normalized spacial score (nSPS) is 28.9. The van der Waals surface area contributed by atoms with Gasteiger partial charge in [0.05, 0.1) is 25.0 Å². The molecule has 0 aromatic heterocycles. The molecule has 2 bridgehead atoms. The maximum Gasteiger partial charge on any atom is 0.322 e. The molecule has 4 heterocycles. The highest BCUT2D eigenvalue weighted by Crippen LogP contribution is 2.60. The van der Waals surface area contributed by atoms with Gasteiger partial charge in [0.2, 0.25) is 0 Å². The quantitative estimate of drug-likeness (QED) is 0.203. The lowest BCUT2D eigenvalue weighted by Gasteiger charge is -2.43. The first kappa shape index (κ1) is 28.4. The second-order valence-electron chi connectivity index (χ2n) is 11.4. The van der Waals surface area contributed by atoms with Crippen molar-refractivity contribution in [3.05, 3.63) is 102 Å². The van der Waals surface area contributed by atoms with E-state index in [1.165, 1.54) is 5.56 Å². The average Bonchev–Trinajstić information content (AvgIpc) is 3.67. The van der Waals surface area contributed by atoms with Crippen LogP contribution < -0.4 is 5.32 Å². The summed E-state index contributed by atoms with van der Waals surface area (Å²) in [5, 5.41) is 3.74. The predicted molar refractivity (Wildman–Crippen MR) is 164 cm³/mol. The highest BCUT2D eigenvalue weighted by molar-refractivity contribution is 7.99. The SMILES string of the molecule is O=C1OC(=O)C2C1C1(C(CSc3ccccc3)NCCc3ccccc3)N=C(Cc3ccccc3)C2(N2CCOCC2)O1. The number of cyclic esters (lactones) is 2. The zero-order valence-electron chi connectivity index (χ0n) is 23.9. The third kappa shape index (κ3) is 5.13. The summed E-state index contributed by atoms with van der Waals surface area (Å²) in [4.78, 5) is 35.8. The Bertz CT molecular complexity index is 1480. The standard InChI is InChI=1S/C34H35N3O5S/c38-31-29-30(32(39)41-31)34(37-18-20-40-21-19-37)27(22-25-12-6-2-7-13-25)36-33(29,42-34)28(23-43-26-14-8-3-9-15-26)35-17-16-24-10-4-1-5-11-24/h1-15,28-30,35H,16-23H2. The molecule has 7 rings (SSSR count). The summed E-state index contributed by atoms with van der Waals surface area (Å²) in [6.45, 7) is 2.82. The van der Waals surface area contributed by atoms with E-state index in [9.17, 15) is 9.59 Å². The van der Waals surface area contributed by atoms with Crippen molar-refractivity contribution in [2.75, 3.05) is 38.6 Å². The molecule has 3 aromatic rings. The Morgan fingerprint density at radius 2 is 1.49 bits per heavy atom. The van der Waals surface area contributed by atoms with Crippen LogP contribution >= 0.6 is 11.8 Å². The molecule has 43 heavy (non-hydrogen) atoms. The molecule has 5 unspecified atom stereocenters. The number of esters is 2. The molecule has 4 aliphatic heterocycles. The Labute approximate surface area is 255 Å². The van der Waals surface area contributed by atoms with Crippen LogP contribution in [0.4, 0.5) is 0 Å². The summed E-state index contributed by atoms with van der Waals surface area (Å²) in [5.41, 5.74) is 0.582. The Morgan fingerprint density at radius 1 is 0.860 bits per heavy atom. The second-order valence-corrected chi connectivity index (χ2v) is 12.5. The van der Waals surface area contributed by atoms with Crippen LogP contribution in [0.15, 0.2) is 101 Å². The van der Waals surface area contributed by atoms with Crippen molar-refractivity contribution < 1.29 is 23.8 Å². The van der Waals surface area contributed by atoms with E-state index in [0.717, 1.165) is 22.6 Å². The third-order valence-corrected chi connectivity index (χ3v) is 10.1. The molecule has 5 atom stereocenters. The molecule has 0 radical (unpaired) electrons. The van der Waals surface area contributed by atoms with E-state index in [1.807, 2.05) is 54.6 Å². The Morgan fingerprint density at radius 3 is 2.19 bits per heavy atom. The molecule has 0 spiro atoms. The fraction of sp³-hybridized carbons (Fsp3) is 0.382. The molecule has 3 saturated heterocycles. The number of morpholine rings is 1. The molecule has 0 aliphatic carbocycles. The van der Waals surface area contributed by atoms with Gasteiger partial charge in [0.15, 0.2) is 11.4 Å². The number of ether oxygens (including phenoxy) is 3. The lowest BCUT2D eigenvalue weighted by atomic mass is 9.74. The molecule has 0 amide bonds. The van der Waals surface area contributed by atoms with Crippen molar-refractivity contribution in [2.45, 2.75) is 35.2 Å². The lowest BCUT2D eigenvalue weighted by Crippen LogP contribution is -2.62.